The molecule has 1 aromatic carbocycles. The first kappa shape index (κ1) is 16.2. The Bertz CT molecular complexity index is 646. The summed E-state index contributed by atoms with van der Waals surface area (Å²) < 4.78 is 21.5. The summed E-state index contributed by atoms with van der Waals surface area (Å²) >= 11 is 7.45. The molecule has 1 atom stereocenters. The Morgan fingerprint density at radius 2 is 2.14 bits per heavy atom. The minimum atomic E-state index is -1.10. The number of methoxy groups -OCH3 is 1. The Labute approximate surface area is 135 Å². The van der Waals surface area contributed by atoms with Crippen LogP contribution in [0.3, 0.4) is 0 Å². The van der Waals surface area contributed by atoms with E-state index in [2.05, 4.69) is 9.36 Å². The van der Waals surface area contributed by atoms with E-state index in [-0.39, 0.29) is 0 Å². The molecule has 0 aliphatic heterocycles. The monoisotopic (exact) mass is 345 g/mol. The summed E-state index contributed by atoms with van der Waals surface area (Å²) in [7, 11) is 4.28. The lowest BCUT2D eigenvalue weighted by Gasteiger charge is -2.06. The van der Waals surface area contributed by atoms with Gasteiger partial charge in [0, 0.05) is 41.5 Å². The fraction of sp³-hybridized carbons (Fsp3) is 0.385. The zero-order valence-electron chi connectivity index (χ0n) is 12.0. The van der Waals surface area contributed by atoms with Gasteiger partial charge in [-0.1, -0.05) is 17.7 Å². The lowest BCUT2D eigenvalue weighted by atomic mass is 10.2. The third-order valence-electron chi connectivity index (χ3n) is 2.71. The molecule has 0 amide bonds. The molecule has 8 heteroatoms. The van der Waals surface area contributed by atoms with Crippen LogP contribution in [-0.4, -0.2) is 34.8 Å². The van der Waals surface area contributed by atoms with Gasteiger partial charge < -0.3 is 9.64 Å². The van der Waals surface area contributed by atoms with Crippen molar-refractivity contribution in [2.45, 2.75) is 11.5 Å². The van der Waals surface area contributed by atoms with E-state index in [4.69, 9.17) is 16.3 Å². The second-order valence-electron chi connectivity index (χ2n) is 4.57. The van der Waals surface area contributed by atoms with Crippen LogP contribution in [0.2, 0.25) is 5.02 Å². The Morgan fingerprint density at radius 1 is 1.38 bits per heavy atom. The lowest BCUT2D eigenvalue weighted by Crippen LogP contribution is -2.08. The zero-order chi connectivity index (χ0) is 15.4. The fourth-order valence-corrected chi connectivity index (χ4v) is 3.74. The number of anilines is 1. The molecule has 1 aromatic heterocycles. The highest BCUT2D eigenvalue weighted by Crippen LogP contribution is 2.24. The van der Waals surface area contributed by atoms with Crippen molar-refractivity contribution in [1.82, 2.24) is 9.36 Å². The number of hydrogen-bond acceptors (Lipinski definition) is 6. The molecule has 0 saturated heterocycles. The maximum atomic E-state index is 12.2. The largest absolute Gasteiger partial charge is 0.497 e. The van der Waals surface area contributed by atoms with Gasteiger partial charge in [-0.25, -0.2) is 4.98 Å². The zero-order valence-corrected chi connectivity index (χ0v) is 14.4. The molecule has 0 saturated carbocycles. The van der Waals surface area contributed by atoms with Gasteiger partial charge in [-0.3, -0.25) is 4.21 Å². The number of ether oxygens (including phenoxy) is 1. The number of nitrogens with zero attached hydrogens (tertiary/aromatic N) is 3. The van der Waals surface area contributed by atoms with Gasteiger partial charge in [0.1, 0.15) is 5.75 Å². The van der Waals surface area contributed by atoms with E-state index in [1.807, 2.05) is 31.1 Å². The average Bonchev–Trinajstić information content (AvgIpc) is 2.89. The Kier molecular flexibility index (Phi) is 5.55. The van der Waals surface area contributed by atoms with Crippen molar-refractivity contribution in [3.8, 4) is 5.75 Å². The lowest BCUT2D eigenvalue weighted by molar-refractivity contribution is 0.414. The third-order valence-corrected chi connectivity index (χ3v) is 5.19. The standard InChI is InChI=1S/C13H16ClN3O2S2/c1-17(2)13-15-12(16-20-13)8-21(18)7-9-4-5-10(19-3)6-11(9)14/h4-6H,7-8H2,1-3H3. The Hall–Kier alpha value is -1.18. The van der Waals surface area contributed by atoms with Crippen LogP contribution in [0.15, 0.2) is 18.2 Å². The van der Waals surface area contributed by atoms with E-state index in [9.17, 15) is 4.21 Å². The second-order valence-corrected chi connectivity index (χ2v) is 7.17. The summed E-state index contributed by atoms with van der Waals surface area (Å²) in [5.74, 6) is 1.99. The van der Waals surface area contributed by atoms with E-state index in [1.54, 1.807) is 13.2 Å². The van der Waals surface area contributed by atoms with Gasteiger partial charge in [0.25, 0.3) is 0 Å². The molecule has 0 aliphatic carbocycles. The molecule has 1 heterocycles. The van der Waals surface area contributed by atoms with Gasteiger partial charge in [-0.15, -0.1) is 0 Å². The third kappa shape index (κ3) is 4.39. The number of halogens is 1. The second kappa shape index (κ2) is 7.20. The van der Waals surface area contributed by atoms with Crippen molar-refractivity contribution >= 4 is 39.1 Å². The first-order chi connectivity index (χ1) is 9.99. The Balaban J connectivity index is 2.01. The maximum Gasteiger partial charge on any atom is 0.204 e. The summed E-state index contributed by atoms with van der Waals surface area (Å²) in [4.78, 5) is 6.21. The summed E-state index contributed by atoms with van der Waals surface area (Å²) in [5.41, 5.74) is 0.832. The van der Waals surface area contributed by atoms with E-state index < -0.39 is 10.8 Å². The quantitative estimate of drug-likeness (QED) is 0.805. The highest BCUT2D eigenvalue weighted by molar-refractivity contribution is 7.83. The van der Waals surface area contributed by atoms with Gasteiger partial charge in [0.2, 0.25) is 5.13 Å². The number of aromatic nitrogens is 2. The molecule has 0 bridgehead atoms. The van der Waals surface area contributed by atoms with Gasteiger partial charge in [0.05, 0.1) is 18.6 Å². The van der Waals surface area contributed by atoms with Crippen molar-refractivity contribution in [3.05, 3.63) is 34.6 Å². The van der Waals surface area contributed by atoms with Crippen LogP contribution in [0, 0.1) is 0 Å². The summed E-state index contributed by atoms with van der Waals surface area (Å²) in [6.45, 7) is 0. The molecular weight excluding hydrogens is 330 g/mol. The first-order valence-electron chi connectivity index (χ1n) is 6.17. The molecule has 5 nitrogen and oxygen atoms in total. The predicted molar refractivity (Wildman–Crippen MR) is 87.8 cm³/mol. The molecule has 0 radical (unpaired) electrons. The van der Waals surface area contributed by atoms with Crippen LogP contribution < -0.4 is 9.64 Å². The normalized spacial score (nSPS) is 12.2. The molecule has 0 aliphatic rings. The molecule has 2 aromatic rings. The summed E-state index contributed by atoms with van der Waals surface area (Å²) in [6.07, 6.45) is 0. The highest BCUT2D eigenvalue weighted by atomic mass is 35.5. The van der Waals surface area contributed by atoms with Crippen molar-refractivity contribution in [1.29, 1.82) is 0 Å². The van der Waals surface area contributed by atoms with Crippen LogP contribution in [-0.2, 0) is 22.3 Å². The SMILES string of the molecule is COc1ccc(CS(=O)Cc2nsc(N(C)C)n2)c(Cl)c1. The predicted octanol–water partition coefficient (Wildman–Crippen LogP) is 2.72. The van der Waals surface area contributed by atoms with E-state index >= 15 is 0 Å². The maximum absolute atomic E-state index is 12.2. The van der Waals surface area contributed by atoms with E-state index in [0.717, 1.165) is 10.7 Å². The molecule has 21 heavy (non-hydrogen) atoms. The summed E-state index contributed by atoms with van der Waals surface area (Å²) in [5, 5.41) is 1.37. The highest BCUT2D eigenvalue weighted by Gasteiger charge is 2.12. The summed E-state index contributed by atoms with van der Waals surface area (Å²) in [6, 6.07) is 5.36. The van der Waals surface area contributed by atoms with Gasteiger partial charge in [-0.2, -0.15) is 4.37 Å². The van der Waals surface area contributed by atoms with Gasteiger partial charge in [0.15, 0.2) is 5.82 Å². The molecule has 0 spiro atoms. The Morgan fingerprint density at radius 3 is 2.71 bits per heavy atom. The van der Waals surface area contributed by atoms with Crippen LogP contribution in [0.1, 0.15) is 11.4 Å². The molecule has 114 valence electrons. The van der Waals surface area contributed by atoms with Crippen molar-refractivity contribution in [2.75, 3.05) is 26.1 Å². The molecule has 0 fully saturated rings. The average molecular weight is 346 g/mol. The smallest absolute Gasteiger partial charge is 0.204 e. The van der Waals surface area contributed by atoms with E-state index in [1.165, 1.54) is 11.5 Å². The number of benzene rings is 1. The van der Waals surface area contributed by atoms with Crippen LogP contribution in [0.4, 0.5) is 5.13 Å². The van der Waals surface area contributed by atoms with Crippen molar-refractivity contribution in [3.63, 3.8) is 0 Å². The minimum Gasteiger partial charge on any atom is -0.497 e. The van der Waals surface area contributed by atoms with Gasteiger partial charge in [-0.05, 0) is 17.7 Å². The molecule has 1 unspecified atom stereocenters. The number of rotatable bonds is 6. The van der Waals surface area contributed by atoms with Crippen molar-refractivity contribution in [2.24, 2.45) is 0 Å². The molecule has 0 N–H and O–H groups in total. The van der Waals surface area contributed by atoms with Crippen molar-refractivity contribution < 1.29 is 8.95 Å². The molecule has 2 rings (SSSR count). The van der Waals surface area contributed by atoms with Crippen LogP contribution in [0.25, 0.3) is 0 Å². The minimum absolute atomic E-state index is 0.326. The number of hydrogen-bond donors (Lipinski definition) is 0. The molecular formula is C13H16ClN3O2S2. The fourth-order valence-electron chi connectivity index (χ4n) is 1.63. The van der Waals surface area contributed by atoms with Crippen LogP contribution >= 0.6 is 23.1 Å². The van der Waals surface area contributed by atoms with Crippen LogP contribution in [0.5, 0.6) is 5.75 Å². The topological polar surface area (TPSA) is 55.3 Å². The first-order valence-corrected chi connectivity index (χ1v) is 8.81. The van der Waals surface area contributed by atoms with E-state index in [0.29, 0.717) is 28.1 Å². The van der Waals surface area contributed by atoms with Gasteiger partial charge >= 0.3 is 0 Å².